The Balaban J connectivity index is 1.71. The molecule has 0 saturated heterocycles. The average molecular weight is 320 g/mol. The summed E-state index contributed by atoms with van der Waals surface area (Å²) in [6.07, 6.45) is 2.79. The standard InChI is InChI=1S/C15H24N6S/c1-12-10-13(2)21(18-12)9-5-7-16-15(22)19(3)11-14-6-8-17-20(14)4/h6,8,10H,5,7,9,11H2,1-4H3,(H,16,22). The van der Waals surface area contributed by atoms with Gasteiger partial charge in [-0.15, -0.1) is 0 Å². The van der Waals surface area contributed by atoms with Crippen LogP contribution in [0.2, 0.25) is 0 Å². The van der Waals surface area contributed by atoms with Crippen LogP contribution >= 0.6 is 12.2 Å². The molecule has 2 heterocycles. The van der Waals surface area contributed by atoms with Gasteiger partial charge in [0.1, 0.15) is 0 Å². The van der Waals surface area contributed by atoms with Gasteiger partial charge in [-0.25, -0.2) is 0 Å². The lowest BCUT2D eigenvalue weighted by atomic mass is 10.4. The fourth-order valence-electron chi connectivity index (χ4n) is 2.33. The molecule has 7 heteroatoms. The molecule has 2 aromatic rings. The van der Waals surface area contributed by atoms with Crippen molar-refractivity contribution in [1.82, 2.24) is 29.8 Å². The first-order valence-electron chi connectivity index (χ1n) is 7.44. The molecule has 0 amide bonds. The molecule has 0 aliphatic rings. The number of hydrogen-bond acceptors (Lipinski definition) is 3. The normalized spacial score (nSPS) is 10.7. The smallest absolute Gasteiger partial charge is 0.169 e. The monoisotopic (exact) mass is 320 g/mol. The lowest BCUT2D eigenvalue weighted by molar-refractivity contribution is 0.462. The van der Waals surface area contributed by atoms with E-state index in [0.717, 1.165) is 42.6 Å². The predicted molar refractivity (Wildman–Crippen MR) is 91.6 cm³/mol. The van der Waals surface area contributed by atoms with Crippen molar-refractivity contribution in [2.45, 2.75) is 33.4 Å². The van der Waals surface area contributed by atoms with Gasteiger partial charge in [0, 0.05) is 39.1 Å². The Morgan fingerprint density at radius 2 is 2.18 bits per heavy atom. The van der Waals surface area contributed by atoms with Crippen LogP contribution in [0.1, 0.15) is 23.5 Å². The topological polar surface area (TPSA) is 50.9 Å². The molecule has 0 unspecified atom stereocenters. The molecule has 2 rings (SSSR count). The van der Waals surface area contributed by atoms with Crippen molar-refractivity contribution in [2.24, 2.45) is 7.05 Å². The minimum Gasteiger partial charge on any atom is -0.362 e. The van der Waals surface area contributed by atoms with Crippen molar-refractivity contribution < 1.29 is 0 Å². The van der Waals surface area contributed by atoms with Gasteiger partial charge in [0.25, 0.3) is 0 Å². The lowest BCUT2D eigenvalue weighted by Gasteiger charge is -2.21. The number of aryl methyl sites for hydroxylation is 4. The minimum atomic E-state index is 0.750. The average Bonchev–Trinajstić information content (AvgIpc) is 3.00. The Labute approximate surface area is 137 Å². The van der Waals surface area contributed by atoms with E-state index < -0.39 is 0 Å². The van der Waals surface area contributed by atoms with Crippen molar-refractivity contribution in [3.8, 4) is 0 Å². The van der Waals surface area contributed by atoms with Gasteiger partial charge >= 0.3 is 0 Å². The van der Waals surface area contributed by atoms with Crippen LogP contribution in [0.4, 0.5) is 0 Å². The summed E-state index contributed by atoms with van der Waals surface area (Å²) in [5, 5.41) is 12.7. The van der Waals surface area contributed by atoms with Crippen LogP contribution < -0.4 is 5.32 Å². The molecule has 0 radical (unpaired) electrons. The summed E-state index contributed by atoms with van der Waals surface area (Å²) >= 11 is 5.42. The van der Waals surface area contributed by atoms with Crippen LogP contribution in [0, 0.1) is 13.8 Å². The number of hydrogen-bond donors (Lipinski definition) is 1. The maximum absolute atomic E-state index is 5.42. The van der Waals surface area contributed by atoms with Gasteiger partial charge in [-0.2, -0.15) is 10.2 Å². The molecule has 6 nitrogen and oxygen atoms in total. The summed E-state index contributed by atoms with van der Waals surface area (Å²) in [6, 6.07) is 4.10. The van der Waals surface area contributed by atoms with E-state index in [1.807, 2.05) is 41.3 Å². The van der Waals surface area contributed by atoms with E-state index in [9.17, 15) is 0 Å². The molecule has 0 spiro atoms. The largest absolute Gasteiger partial charge is 0.362 e. The van der Waals surface area contributed by atoms with Crippen LogP contribution in [0.25, 0.3) is 0 Å². The van der Waals surface area contributed by atoms with Gasteiger partial charge in [0.05, 0.1) is 17.9 Å². The minimum absolute atomic E-state index is 0.750. The second-order valence-corrected chi connectivity index (χ2v) is 5.92. The van der Waals surface area contributed by atoms with Crippen molar-refractivity contribution in [3.05, 3.63) is 35.4 Å². The summed E-state index contributed by atoms with van der Waals surface area (Å²) in [4.78, 5) is 2.02. The molecule has 2 aromatic heterocycles. The quantitative estimate of drug-likeness (QED) is 0.648. The third-order valence-electron chi connectivity index (χ3n) is 3.59. The Morgan fingerprint density at radius 3 is 2.77 bits per heavy atom. The molecule has 0 bridgehead atoms. The summed E-state index contributed by atoms with van der Waals surface area (Å²) in [6.45, 7) is 6.59. The van der Waals surface area contributed by atoms with Crippen LogP contribution in [0.3, 0.4) is 0 Å². The summed E-state index contributed by atoms with van der Waals surface area (Å²) < 4.78 is 3.90. The van der Waals surface area contributed by atoms with Gasteiger partial charge in [0.2, 0.25) is 0 Å². The maximum atomic E-state index is 5.42. The van der Waals surface area contributed by atoms with Crippen molar-refractivity contribution >= 4 is 17.3 Å². The number of nitrogens with zero attached hydrogens (tertiary/aromatic N) is 5. The maximum Gasteiger partial charge on any atom is 0.169 e. The highest BCUT2D eigenvalue weighted by Gasteiger charge is 2.07. The SMILES string of the molecule is Cc1cc(C)n(CCCNC(=S)N(C)Cc2ccnn2C)n1. The molecular formula is C15H24N6S. The van der Waals surface area contributed by atoms with E-state index in [1.165, 1.54) is 5.69 Å². The van der Waals surface area contributed by atoms with Gasteiger partial charge in [-0.3, -0.25) is 9.36 Å². The van der Waals surface area contributed by atoms with Gasteiger partial charge in [-0.05, 0) is 44.6 Å². The third-order valence-corrected chi connectivity index (χ3v) is 4.05. The lowest BCUT2D eigenvalue weighted by Crippen LogP contribution is -2.37. The number of rotatable bonds is 6. The van der Waals surface area contributed by atoms with Gasteiger partial charge in [-0.1, -0.05) is 0 Å². The molecule has 120 valence electrons. The van der Waals surface area contributed by atoms with Crippen LogP contribution in [0.15, 0.2) is 18.3 Å². The van der Waals surface area contributed by atoms with Crippen molar-refractivity contribution in [2.75, 3.05) is 13.6 Å². The highest BCUT2D eigenvalue weighted by Crippen LogP contribution is 2.03. The fourth-order valence-corrected chi connectivity index (χ4v) is 2.50. The molecule has 0 aliphatic carbocycles. The van der Waals surface area contributed by atoms with Crippen molar-refractivity contribution in [3.63, 3.8) is 0 Å². The molecule has 0 aromatic carbocycles. The van der Waals surface area contributed by atoms with Crippen LogP contribution in [-0.4, -0.2) is 43.2 Å². The Hall–Kier alpha value is -1.89. The highest BCUT2D eigenvalue weighted by atomic mass is 32.1. The Morgan fingerprint density at radius 1 is 1.41 bits per heavy atom. The second kappa shape index (κ2) is 7.40. The highest BCUT2D eigenvalue weighted by molar-refractivity contribution is 7.80. The summed E-state index contributed by atoms with van der Waals surface area (Å²) in [5.41, 5.74) is 3.40. The molecular weight excluding hydrogens is 296 g/mol. The zero-order valence-electron chi connectivity index (χ0n) is 13.7. The zero-order valence-corrected chi connectivity index (χ0v) is 14.5. The molecule has 1 N–H and O–H groups in total. The summed E-state index contributed by atoms with van der Waals surface area (Å²) in [5.74, 6) is 0. The summed E-state index contributed by atoms with van der Waals surface area (Å²) in [7, 11) is 3.93. The van der Waals surface area contributed by atoms with Crippen LogP contribution in [0.5, 0.6) is 0 Å². The van der Waals surface area contributed by atoms with E-state index in [0.29, 0.717) is 0 Å². The van der Waals surface area contributed by atoms with Crippen molar-refractivity contribution in [1.29, 1.82) is 0 Å². The molecule has 0 fully saturated rings. The van der Waals surface area contributed by atoms with E-state index in [1.54, 1.807) is 6.20 Å². The number of aromatic nitrogens is 4. The Bertz CT molecular complexity index is 630. The number of nitrogens with one attached hydrogen (secondary N) is 1. The van der Waals surface area contributed by atoms with E-state index in [-0.39, 0.29) is 0 Å². The van der Waals surface area contributed by atoms with Gasteiger partial charge in [0.15, 0.2) is 5.11 Å². The predicted octanol–water partition coefficient (Wildman–Crippen LogP) is 1.63. The first-order chi connectivity index (χ1) is 10.5. The molecule has 0 atom stereocenters. The fraction of sp³-hybridized carbons (Fsp3) is 0.533. The molecule has 0 aliphatic heterocycles. The van der Waals surface area contributed by atoms with Gasteiger partial charge < -0.3 is 10.2 Å². The molecule has 22 heavy (non-hydrogen) atoms. The van der Waals surface area contributed by atoms with Crippen LogP contribution in [-0.2, 0) is 20.1 Å². The first kappa shape index (κ1) is 16.5. The molecule has 0 saturated carbocycles. The van der Waals surface area contributed by atoms with E-state index in [4.69, 9.17) is 12.2 Å². The first-order valence-corrected chi connectivity index (χ1v) is 7.85. The van der Waals surface area contributed by atoms with E-state index in [2.05, 4.69) is 28.5 Å². The number of thiocarbonyl (C=S) groups is 1. The Kier molecular flexibility index (Phi) is 5.54. The second-order valence-electron chi connectivity index (χ2n) is 5.54. The zero-order chi connectivity index (χ0) is 16.1. The van der Waals surface area contributed by atoms with E-state index >= 15 is 0 Å². The third kappa shape index (κ3) is 4.30.